The van der Waals surface area contributed by atoms with Gasteiger partial charge in [0.15, 0.2) is 0 Å². The van der Waals surface area contributed by atoms with Gasteiger partial charge < -0.3 is 14.7 Å². The quantitative estimate of drug-likeness (QED) is 0.818. The summed E-state index contributed by atoms with van der Waals surface area (Å²) in [4.78, 5) is 14.1. The first-order chi connectivity index (χ1) is 7.02. The zero-order valence-corrected chi connectivity index (χ0v) is 9.50. The van der Waals surface area contributed by atoms with E-state index in [1.54, 1.807) is 30.4 Å². The monoisotopic (exact) mass is 227 g/mol. The fraction of sp³-hybridized carbons (Fsp3) is 0.500. The summed E-state index contributed by atoms with van der Waals surface area (Å²) in [5, 5.41) is 11.3. The Balaban J connectivity index is 2.03. The molecule has 1 fully saturated rings. The highest BCUT2D eigenvalue weighted by molar-refractivity contribution is 7.12. The van der Waals surface area contributed by atoms with Gasteiger partial charge in [0.2, 0.25) is 0 Å². The fourth-order valence-electron chi connectivity index (χ4n) is 1.61. The minimum absolute atomic E-state index is 0.0326. The molecule has 0 unspecified atom stereocenters. The van der Waals surface area contributed by atoms with Crippen LogP contribution in [-0.4, -0.2) is 41.7 Å². The standard InChI is InChI=1S/C10H13NO3S/c1-10(13)5-11(6-10)9(12)8-3-7(14-2)4-15-8/h3-4,13H,5-6H2,1-2H3. The van der Waals surface area contributed by atoms with E-state index in [2.05, 4.69) is 0 Å². The lowest BCUT2D eigenvalue weighted by Crippen LogP contribution is -2.61. The van der Waals surface area contributed by atoms with Crippen LogP contribution in [-0.2, 0) is 0 Å². The van der Waals surface area contributed by atoms with Crippen molar-refractivity contribution in [2.24, 2.45) is 0 Å². The summed E-state index contributed by atoms with van der Waals surface area (Å²) < 4.78 is 5.01. The molecular formula is C10H13NO3S. The number of carbonyl (C=O) groups is 1. The molecule has 1 N–H and O–H groups in total. The highest BCUT2D eigenvalue weighted by Gasteiger charge is 2.39. The van der Waals surface area contributed by atoms with Crippen LogP contribution in [0, 0.1) is 0 Å². The molecule has 0 atom stereocenters. The molecule has 0 bridgehead atoms. The van der Waals surface area contributed by atoms with Crippen LogP contribution in [0.15, 0.2) is 11.4 Å². The van der Waals surface area contributed by atoms with Crippen molar-refractivity contribution in [2.45, 2.75) is 12.5 Å². The van der Waals surface area contributed by atoms with Crippen molar-refractivity contribution >= 4 is 17.2 Å². The lowest BCUT2D eigenvalue weighted by Gasteiger charge is -2.43. The summed E-state index contributed by atoms with van der Waals surface area (Å²) in [6.45, 7) is 2.55. The van der Waals surface area contributed by atoms with Crippen LogP contribution in [0.2, 0.25) is 0 Å². The maximum Gasteiger partial charge on any atom is 0.264 e. The Morgan fingerprint density at radius 2 is 2.33 bits per heavy atom. The van der Waals surface area contributed by atoms with E-state index >= 15 is 0 Å². The zero-order valence-electron chi connectivity index (χ0n) is 8.69. The second kappa shape index (κ2) is 3.50. The van der Waals surface area contributed by atoms with Gasteiger partial charge in [-0.25, -0.2) is 0 Å². The van der Waals surface area contributed by atoms with Gasteiger partial charge in [-0.3, -0.25) is 4.79 Å². The van der Waals surface area contributed by atoms with Crippen molar-refractivity contribution in [2.75, 3.05) is 20.2 Å². The molecular weight excluding hydrogens is 214 g/mol. The lowest BCUT2D eigenvalue weighted by molar-refractivity contribution is -0.0667. The molecule has 5 heteroatoms. The van der Waals surface area contributed by atoms with E-state index in [9.17, 15) is 9.90 Å². The van der Waals surface area contributed by atoms with E-state index in [0.29, 0.717) is 23.7 Å². The van der Waals surface area contributed by atoms with E-state index in [1.807, 2.05) is 0 Å². The van der Waals surface area contributed by atoms with Crippen molar-refractivity contribution in [1.29, 1.82) is 0 Å². The number of rotatable bonds is 2. The molecule has 0 radical (unpaired) electrons. The Morgan fingerprint density at radius 1 is 1.67 bits per heavy atom. The Labute approximate surface area is 92.1 Å². The Kier molecular flexibility index (Phi) is 2.44. The van der Waals surface area contributed by atoms with Gasteiger partial charge in [0.1, 0.15) is 5.75 Å². The number of thiophene rings is 1. The van der Waals surface area contributed by atoms with Gasteiger partial charge in [-0.2, -0.15) is 0 Å². The molecule has 4 nitrogen and oxygen atoms in total. The number of ether oxygens (including phenoxy) is 1. The van der Waals surface area contributed by atoms with Crippen molar-refractivity contribution in [3.63, 3.8) is 0 Å². The van der Waals surface area contributed by atoms with Gasteiger partial charge >= 0.3 is 0 Å². The molecule has 1 aliphatic heterocycles. The molecule has 1 aromatic heterocycles. The molecule has 0 aromatic carbocycles. The SMILES string of the molecule is COc1csc(C(=O)N2CC(C)(O)C2)c1. The average Bonchev–Trinajstić information content (AvgIpc) is 2.61. The predicted octanol–water partition coefficient (Wildman–Crippen LogP) is 0.964. The van der Waals surface area contributed by atoms with Gasteiger partial charge in [0.05, 0.1) is 30.7 Å². The van der Waals surface area contributed by atoms with Gasteiger partial charge in [-0.1, -0.05) is 0 Å². The number of amides is 1. The molecule has 0 saturated carbocycles. The van der Waals surface area contributed by atoms with Crippen LogP contribution in [0.4, 0.5) is 0 Å². The lowest BCUT2D eigenvalue weighted by atomic mass is 9.97. The van der Waals surface area contributed by atoms with E-state index < -0.39 is 5.60 Å². The summed E-state index contributed by atoms with van der Waals surface area (Å²) in [6, 6.07) is 1.72. The summed E-state index contributed by atoms with van der Waals surface area (Å²) in [5.74, 6) is 0.672. The van der Waals surface area contributed by atoms with Gasteiger partial charge in [-0.05, 0) is 6.92 Å². The Bertz CT molecular complexity index is 378. The number of nitrogens with zero attached hydrogens (tertiary/aromatic N) is 1. The number of hydrogen-bond acceptors (Lipinski definition) is 4. The van der Waals surface area contributed by atoms with E-state index in [-0.39, 0.29) is 5.91 Å². The van der Waals surface area contributed by atoms with Gasteiger partial charge in [0, 0.05) is 11.4 Å². The second-order valence-corrected chi connectivity index (χ2v) is 4.92. The van der Waals surface area contributed by atoms with Crippen LogP contribution < -0.4 is 4.74 Å². The molecule has 1 saturated heterocycles. The van der Waals surface area contributed by atoms with Crippen LogP contribution in [0.1, 0.15) is 16.6 Å². The Morgan fingerprint density at radius 3 is 2.80 bits per heavy atom. The van der Waals surface area contributed by atoms with E-state index in [1.165, 1.54) is 11.3 Å². The van der Waals surface area contributed by atoms with Crippen molar-refractivity contribution in [1.82, 2.24) is 4.90 Å². The molecule has 15 heavy (non-hydrogen) atoms. The van der Waals surface area contributed by atoms with Gasteiger partial charge in [-0.15, -0.1) is 11.3 Å². The molecule has 0 spiro atoms. The Hall–Kier alpha value is -1.07. The topological polar surface area (TPSA) is 49.8 Å². The summed E-state index contributed by atoms with van der Waals surface area (Å²) in [7, 11) is 1.57. The predicted molar refractivity (Wildman–Crippen MR) is 57.4 cm³/mol. The first-order valence-electron chi connectivity index (χ1n) is 4.66. The average molecular weight is 227 g/mol. The smallest absolute Gasteiger partial charge is 0.264 e. The minimum atomic E-state index is -0.711. The van der Waals surface area contributed by atoms with Crippen LogP contribution in [0.25, 0.3) is 0 Å². The number of methoxy groups -OCH3 is 1. The van der Waals surface area contributed by atoms with Gasteiger partial charge in [0.25, 0.3) is 5.91 Å². The van der Waals surface area contributed by atoms with Crippen molar-refractivity contribution < 1.29 is 14.6 Å². The summed E-state index contributed by atoms with van der Waals surface area (Å²) in [5.41, 5.74) is -0.711. The molecule has 0 aliphatic carbocycles. The molecule has 1 amide bonds. The number of β-amino-alcohol motifs (C(OH)–C–C–N with tert-alkyl or cyclic N) is 1. The number of likely N-dealkylation sites (tertiary alicyclic amines) is 1. The molecule has 1 aliphatic rings. The van der Waals surface area contributed by atoms with Crippen LogP contribution in [0.5, 0.6) is 5.75 Å². The maximum atomic E-state index is 11.8. The first kappa shape index (κ1) is 10.4. The normalized spacial score (nSPS) is 18.5. The fourth-order valence-corrected chi connectivity index (χ4v) is 2.43. The first-order valence-corrected chi connectivity index (χ1v) is 5.54. The molecule has 82 valence electrons. The highest BCUT2D eigenvalue weighted by Crippen LogP contribution is 2.27. The van der Waals surface area contributed by atoms with E-state index in [0.717, 1.165) is 0 Å². The number of hydrogen-bond donors (Lipinski definition) is 1. The third-order valence-corrected chi connectivity index (χ3v) is 3.27. The zero-order chi connectivity index (χ0) is 11.1. The molecule has 2 heterocycles. The van der Waals surface area contributed by atoms with Crippen molar-refractivity contribution in [3.05, 3.63) is 16.3 Å². The number of aliphatic hydroxyl groups is 1. The highest BCUT2D eigenvalue weighted by atomic mass is 32.1. The van der Waals surface area contributed by atoms with Crippen molar-refractivity contribution in [3.8, 4) is 5.75 Å². The van der Waals surface area contributed by atoms with Crippen LogP contribution >= 0.6 is 11.3 Å². The number of carbonyl (C=O) groups excluding carboxylic acids is 1. The van der Waals surface area contributed by atoms with Crippen LogP contribution in [0.3, 0.4) is 0 Å². The third-order valence-electron chi connectivity index (χ3n) is 2.37. The minimum Gasteiger partial charge on any atom is -0.496 e. The third kappa shape index (κ3) is 1.98. The summed E-state index contributed by atoms with van der Waals surface area (Å²) >= 11 is 1.36. The second-order valence-electron chi connectivity index (χ2n) is 4.01. The van der Waals surface area contributed by atoms with E-state index in [4.69, 9.17) is 4.74 Å². The molecule has 1 aromatic rings. The maximum absolute atomic E-state index is 11.8. The summed E-state index contributed by atoms with van der Waals surface area (Å²) in [6.07, 6.45) is 0. The molecule has 2 rings (SSSR count). The largest absolute Gasteiger partial charge is 0.496 e.